The molecule has 1 radical (unpaired) electrons. The average Bonchev–Trinajstić information content (AvgIpc) is 2.29. The molecule has 1 heteroatoms. The summed E-state index contributed by atoms with van der Waals surface area (Å²) in [5, 5.41) is 1.06. The van der Waals surface area contributed by atoms with Gasteiger partial charge in [-0.15, -0.1) is 0 Å². The molecule has 4 atom stereocenters. The second-order valence-electron chi connectivity index (χ2n) is 5.98. The van der Waals surface area contributed by atoms with Gasteiger partial charge in [0.25, 0.3) is 0 Å². The molecule has 4 unspecified atom stereocenters. The second kappa shape index (κ2) is 2.56. The first-order chi connectivity index (χ1) is 6.61. The Morgan fingerprint density at radius 3 is 2.71 bits per heavy atom. The van der Waals surface area contributed by atoms with Gasteiger partial charge in [-0.2, -0.15) is 0 Å². The summed E-state index contributed by atoms with van der Waals surface area (Å²) in [6.07, 6.45) is 13.5. The van der Waals surface area contributed by atoms with Crippen LogP contribution in [0.3, 0.4) is 0 Å². The molecule has 0 nitrogen and oxygen atoms in total. The van der Waals surface area contributed by atoms with Crippen molar-refractivity contribution >= 4 is 7.28 Å². The van der Waals surface area contributed by atoms with Crippen molar-refractivity contribution < 1.29 is 0 Å². The lowest BCUT2D eigenvalue weighted by Crippen LogP contribution is -2.44. The molecule has 2 bridgehead atoms. The zero-order chi connectivity index (χ0) is 9.81. The second-order valence-corrected chi connectivity index (χ2v) is 5.98. The van der Waals surface area contributed by atoms with Crippen LogP contribution in [0.4, 0.5) is 0 Å². The van der Waals surface area contributed by atoms with Gasteiger partial charge in [0.2, 0.25) is 0 Å². The van der Waals surface area contributed by atoms with Crippen molar-refractivity contribution in [2.24, 2.45) is 11.8 Å². The predicted molar refractivity (Wildman–Crippen MR) is 61.6 cm³/mol. The summed E-state index contributed by atoms with van der Waals surface area (Å²) in [5.41, 5.74) is 0. The molecule has 0 amide bonds. The molecule has 73 valence electrons. The van der Waals surface area contributed by atoms with Gasteiger partial charge in [0.05, 0.1) is 0 Å². The standard InChI is InChI=1S/C13H18B/c1-12-8-7-10-5-3-4-6-11(10)13(2,9-12)14-12/h3-6,10-11H,7-9H2,1-2H3. The van der Waals surface area contributed by atoms with Crippen LogP contribution in [0.15, 0.2) is 24.3 Å². The highest BCUT2D eigenvalue weighted by Gasteiger charge is 2.56. The van der Waals surface area contributed by atoms with Crippen LogP contribution in [0.2, 0.25) is 10.6 Å². The molecular formula is C13H18B. The van der Waals surface area contributed by atoms with Gasteiger partial charge in [-0.3, -0.25) is 0 Å². The number of hydrogen-bond donors (Lipinski definition) is 0. The van der Waals surface area contributed by atoms with Gasteiger partial charge in [-0.05, 0) is 18.3 Å². The molecule has 4 rings (SSSR count). The van der Waals surface area contributed by atoms with Crippen LogP contribution in [0.1, 0.15) is 33.1 Å². The van der Waals surface area contributed by atoms with E-state index in [1.54, 1.807) is 0 Å². The molecule has 1 saturated carbocycles. The number of fused-ring (bicyclic) bond motifs is 1. The fraction of sp³-hybridized carbons (Fsp3) is 0.692. The van der Waals surface area contributed by atoms with Crippen molar-refractivity contribution in [2.45, 2.75) is 43.7 Å². The van der Waals surface area contributed by atoms with E-state index in [0.29, 0.717) is 10.6 Å². The summed E-state index contributed by atoms with van der Waals surface area (Å²) in [4.78, 5) is 0. The molecule has 0 aromatic carbocycles. The summed E-state index contributed by atoms with van der Waals surface area (Å²) in [6.45, 7) is 4.88. The molecule has 14 heavy (non-hydrogen) atoms. The number of allylic oxidation sites excluding steroid dienone is 4. The molecule has 2 aliphatic heterocycles. The van der Waals surface area contributed by atoms with Crippen LogP contribution in [0, 0.1) is 11.8 Å². The van der Waals surface area contributed by atoms with Crippen molar-refractivity contribution in [2.75, 3.05) is 0 Å². The Hall–Kier alpha value is -0.455. The van der Waals surface area contributed by atoms with E-state index in [1.807, 2.05) is 0 Å². The number of rotatable bonds is 0. The Morgan fingerprint density at radius 2 is 1.93 bits per heavy atom. The van der Waals surface area contributed by atoms with Gasteiger partial charge in [-0.25, -0.2) is 0 Å². The smallest absolute Gasteiger partial charge is 0.0810 e. The predicted octanol–water partition coefficient (Wildman–Crippen LogP) is 3.60. The van der Waals surface area contributed by atoms with Gasteiger partial charge in [-0.1, -0.05) is 61.6 Å². The minimum absolute atomic E-state index is 0.497. The normalized spacial score (nSPS) is 54.1. The molecule has 0 aromatic rings. The lowest BCUT2D eigenvalue weighted by atomic mass is 9.23. The monoisotopic (exact) mass is 185 g/mol. The summed E-state index contributed by atoms with van der Waals surface area (Å²) in [7, 11) is 2.63. The zero-order valence-electron chi connectivity index (χ0n) is 9.16. The minimum Gasteiger partial charge on any atom is -0.0810 e. The van der Waals surface area contributed by atoms with Crippen molar-refractivity contribution in [3.8, 4) is 0 Å². The van der Waals surface area contributed by atoms with Gasteiger partial charge in [0, 0.05) is 0 Å². The summed E-state index contributed by atoms with van der Waals surface area (Å²) in [6, 6.07) is 0. The van der Waals surface area contributed by atoms with E-state index in [0.717, 1.165) is 11.8 Å². The van der Waals surface area contributed by atoms with E-state index < -0.39 is 0 Å². The summed E-state index contributed by atoms with van der Waals surface area (Å²) in [5.74, 6) is 1.59. The van der Waals surface area contributed by atoms with E-state index in [1.165, 1.54) is 19.3 Å². The Kier molecular flexibility index (Phi) is 1.61. The maximum absolute atomic E-state index is 2.63. The Labute approximate surface area is 87.7 Å². The summed E-state index contributed by atoms with van der Waals surface area (Å²) >= 11 is 0. The van der Waals surface area contributed by atoms with Crippen molar-refractivity contribution in [3.63, 3.8) is 0 Å². The van der Waals surface area contributed by atoms with Crippen LogP contribution in [0.25, 0.3) is 0 Å². The van der Waals surface area contributed by atoms with E-state index >= 15 is 0 Å². The van der Waals surface area contributed by atoms with Crippen LogP contribution >= 0.6 is 0 Å². The zero-order valence-corrected chi connectivity index (χ0v) is 9.16. The molecule has 2 aliphatic carbocycles. The Morgan fingerprint density at radius 1 is 1.21 bits per heavy atom. The highest BCUT2D eigenvalue weighted by atomic mass is 14.5. The average molecular weight is 185 g/mol. The van der Waals surface area contributed by atoms with Crippen LogP contribution < -0.4 is 0 Å². The topological polar surface area (TPSA) is 0 Å². The van der Waals surface area contributed by atoms with Crippen molar-refractivity contribution in [3.05, 3.63) is 24.3 Å². The molecule has 0 spiro atoms. The van der Waals surface area contributed by atoms with Gasteiger partial charge in [0.15, 0.2) is 0 Å². The lowest BCUT2D eigenvalue weighted by molar-refractivity contribution is 0.302. The van der Waals surface area contributed by atoms with Gasteiger partial charge >= 0.3 is 0 Å². The molecular weight excluding hydrogens is 167 g/mol. The van der Waals surface area contributed by atoms with Gasteiger partial charge in [0.1, 0.15) is 7.28 Å². The molecule has 3 fully saturated rings. The first-order valence-corrected chi connectivity index (χ1v) is 5.83. The molecule has 2 heterocycles. The maximum Gasteiger partial charge on any atom is 0.126 e. The fourth-order valence-electron chi connectivity index (χ4n) is 4.15. The van der Waals surface area contributed by atoms with Crippen LogP contribution in [-0.4, -0.2) is 7.28 Å². The van der Waals surface area contributed by atoms with Crippen molar-refractivity contribution in [1.82, 2.24) is 0 Å². The third kappa shape index (κ3) is 1.08. The fourth-order valence-corrected chi connectivity index (χ4v) is 4.15. The molecule has 2 saturated heterocycles. The molecule has 4 aliphatic rings. The third-order valence-corrected chi connectivity index (χ3v) is 4.52. The van der Waals surface area contributed by atoms with Crippen LogP contribution in [-0.2, 0) is 0 Å². The quantitative estimate of drug-likeness (QED) is 0.505. The van der Waals surface area contributed by atoms with E-state index in [9.17, 15) is 0 Å². The SMILES string of the molecule is CC12[B]C(C)(C1)C1C=CC=CC1CC2. The Bertz CT molecular complexity index is 307. The minimum atomic E-state index is 0.497. The third-order valence-electron chi connectivity index (χ3n) is 4.52. The largest absolute Gasteiger partial charge is 0.126 e. The maximum atomic E-state index is 2.63. The van der Waals surface area contributed by atoms with Crippen LogP contribution in [0.5, 0.6) is 0 Å². The lowest BCUT2D eigenvalue weighted by Gasteiger charge is -2.54. The van der Waals surface area contributed by atoms with E-state index in [4.69, 9.17) is 0 Å². The van der Waals surface area contributed by atoms with E-state index in [-0.39, 0.29) is 0 Å². The number of hydrogen-bond acceptors (Lipinski definition) is 0. The van der Waals surface area contributed by atoms with Gasteiger partial charge < -0.3 is 0 Å². The Balaban J connectivity index is 1.95. The van der Waals surface area contributed by atoms with Crippen molar-refractivity contribution in [1.29, 1.82) is 0 Å². The highest BCUT2D eigenvalue weighted by Crippen LogP contribution is 2.68. The summed E-state index contributed by atoms with van der Waals surface area (Å²) < 4.78 is 0. The molecule has 0 aromatic heterocycles. The first-order valence-electron chi connectivity index (χ1n) is 5.83. The van der Waals surface area contributed by atoms with E-state index in [2.05, 4.69) is 45.4 Å². The first kappa shape index (κ1) is 8.82. The highest BCUT2D eigenvalue weighted by molar-refractivity contribution is 6.48. The molecule has 0 N–H and O–H groups in total.